The van der Waals surface area contributed by atoms with E-state index in [0.717, 1.165) is 0 Å². The normalized spacial score (nSPS) is 16.2. The van der Waals surface area contributed by atoms with Gasteiger partial charge >= 0.3 is 266 Å². The Bertz CT molecular complexity index is 3370. The summed E-state index contributed by atoms with van der Waals surface area (Å²) in [6.07, 6.45) is 0. The zero-order valence-corrected chi connectivity index (χ0v) is 127. The van der Waals surface area contributed by atoms with E-state index in [4.69, 9.17) is 141 Å². The van der Waals surface area contributed by atoms with Crippen molar-refractivity contribution in [3.8, 4) is 0 Å². The Hall–Kier alpha value is 5.58. The highest BCUT2D eigenvalue weighted by Crippen LogP contribution is 2.39. The molecule has 0 aromatic heterocycles. The first-order valence-corrected chi connectivity index (χ1v) is 135. The van der Waals surface area contributed by atoms with Crippen LogP contribution >= 0.6 is 0 Å². The molecule has 0 aromatic rings. The molecular formula is C65H196O34Si32. The average Bonchev–Trinajstić information content (AvgIpc) is 0.793. The summed E-state index contributed by atoms with van der Waals surface area (Å²) in [5, 5.41) is 0. The molecule has 0 spiro atoms. The lowest BCUT2D eigenvalue weighted by molar-refractivity contribution is 0.0403. The van der Waals surface area contributed by atoms with Crippen LogP contribution in [0, 0.1) is 0 Å². The van der Waals surface area contributed by atoms with E-state index in [1.165, 1.54) is 21.3 Å². The summed E-state index contributed by atoms with van der Waals surface area (Å²) in [6.45, 7) is 127. The fraction of sp³-hybridized carbons (Fsp3) is 1.00. The lowest BCUT2D eigenvalue weighted by Crippen LogP contribution is -2.63. The first-order chi connectivity index (χ1) is 56.3. The van der Waals surface area contributed by atoms with Crippen LogP contribution in [0.15, 0.2) is 0 Å². The van der Waals surface area contributed by atoms with Gasteiger partial charge in [-0.25, -0.2) is 0 Å². The van der Waals surface area contributed by atoms with Crippen molar-refractivity contribution in [1.29, 1.82) is 0 Å². The van der Waals surface area contributed by atoms with E-state index in [9.17, 15) is 0 Å². The van der Waals surface area contributed by atoms with Gasteiger partial charge in [-0.3, -0.25) is 0 Å². The van der Waals surface area contributed by atoms with Crippen molar-refractivity contribution in [2.75, 3.05) is 21.3 Å². The molecule has 0 aliphatic rings. The van der Waals surface area contributed by atoms with Gasteiger partial charge in [-0.05, 0) is 406 Å². The SMILES string of the molecule is CO[Si](OC)(OC)O[Si](C)(C)O[Si](C)(C)O[Si](C)(C)O[Si](C)(C)O[Si](C)(C)O[Si](C)(C)O[Si](C)(C)O[Si](C)(C)O[Si](C)(C)O[Si](C)(C)O[Si](C)(C)O[Si](C)(C)O[Si](C)(C)O[Si](C)(C)O[Si](C)(C)O[Si](C)(C)O[Si](C)(C)O[Si](C)(C)O[Si](C)(C)O[Si](C)(C)O[Si](C)(C)O[Si](C)(C)O[Si](C)(C)O[Si](C)(C)O[Si](C)(C)O[Si](C)(C)O[Si](C)(C)O[Si](C)(C)O[Si](C)(C)O[Si](C)(C)O[SiH](C)C. The third kappa shape index (κ3) is 60.7. The van der Waals surface area contributed by atoms with E-state index >= 15 is 0 Å². The zero-order chi connectivity index (χ0) is 105. The number of hydrogen-bond acceptors (Lipinski definition) is 34. The second-order valence-corrected chi connectivity index (χ2v) is 161. The maximum Gasteiger partial charge on any atom is 0.669 e. The molecule has 0 amide bonds. The van der Waals surface area contributed by atoms with E-state index in [1.807, 2.05) is 210 Å². The van der Waals surface area contributed by atoms with Crippen LogP contribution in [0.4, 0.5) is 0 Å². The molecule has 0 aliphatic carbocycles. The Labute approximate surface area is 835 Å². The number of hydrogen-bond donors (Lipinski definition) is 0. The fourth-order valence-electron chi connectivity index (χ4n) is 19.0. The van der Waals surface area contributed by atoms with E-state index < -0.39 is 275 Å². The predicted molar refractivity (Wildman–Crippen MR) is 604 cm³/mol. The largest absolute Gasteiger partial charge is 0.669 e. The van der Waals surface area contributed by atoms with E-state index in [2.05, 4.69) is 196 Å². The molecule has 0 saturated heterocycles. The van der Waals surface area contributed by atoms with Crippen molar-refractivity contribution in [1.82, 2.24) is 0 Å². The van der Waals surface area contributed by atoms with Crippen molar-refractivity contribution in [3.05, 3.63) is 0 Å². The van der Waals surface area contributed by atoms with E-state index in [1.54, 1.807) is 0 Å². The predicted octanol–water partition coefficient (Wildman–Crippen LogP) is 21.9. The minimum atomic E-state index is -3.38. The van der Waals surface area contributed by atoms with Gasteiger partial charge in [-0.2, -0.15) is 0 Å². The Kier molecular flexibility index (Phi) is 49.0. The summed E-state index contributed by atoms with van der Waals surface area (Å²) < 4.78 is 231. The Morgan fingerprint density at radius 3 is 0.221 bits per heavy atom. The van der Waals surface area contributed by atoms with Crippen molar-refractivity contribution in [3.63, 3.8) is 0 Å². The van der Waals surface area contributed by atoms with Crippen LogP contribution in [0.1, 0.15) is 0 Å². The molecule has 0 radical (unpaired) electrons. The molecule has 0 atom stereocenters. The topological polar surface area (TPSA) is 314 Å². The molecule has 0 rings (SSSR count). The van der Waals surface area contributed by atoms with Gasteiger partial charge in [0.05, 0.1) is 0 Å². The van der Waals surface area contributed by atoms with Crippen molar-refractivity contribution in [2.45, 2.75) is 406 Å². The van der Waals surface area contributed by atoms with Crippen LogP contribution in [-0.4, -0.2) is 296 Å². The lowest BCUT2D eigenvalue weighted by Gasteiger charge is -2.45. The minimum absolute atomic E-state index is 1.29. The van der Waals surface area contributed by atoms with Gasteiger partial charge in [0.2, 0.25) is 0 Å². The fourth-order valence-corrected chi connectivity index (χ4v) is 181. The van der Waals surface area contributed by atoms with Crippen LogP contribution in [0.3, 0.4) is 0 Å². The smallest absolute Gasteiger partial charge is 0.440 e. The molecule has 0 aromatic carbocycles. The third-order valence-electron chi connectivity index (χ3n) is 15.9. The van der Waals surface area contributed by atoms with Gasteiger partial charge in [-0.1, -0.05) is 0 Å². The molecule has 0 unspecified atom stereocenters. The molecule has 34 nitrogen and oxygen atoms in total. The van der Waals surface area contributed by atoms with Gasteiger partial charge in [0, 0.05) is 21.3 Å². The molecule has 0 fully saturated rings. The highest BCUT2D eigenvalue weighted by molar-refractivity contribution is 6.99. The van der Waals surface area contributed by atoms with E-state index in [0.29, 0.717) is 0 Å². The average molecular weight is 2420 g/mol. The van der Waals surface area contributed by atoms with Gasteiger partial charge in [0.25, 0.3) is 0 Å². The molecule has 0 saturated carbocycles. The highest BCUT2D eigenvalue weighted by Gasteiger charge is 2.60. The Balaban J connectivity index is 5.99. The first-order valence-electron chi connectivity index (χ1n) is 45.7. The van der Waals surface area contributed by atoms with Gasteiger partial charge in [0.15, 0.2) is 9.04 Å². The van der Waals surface area contributed by atoms with Gasteiger partial charge in [-0.15, -0.1) is 0 Å². The lowest BCUT2D eigenvalue weighted by atomic mass is 11.8. The van der Waals surface area contributed by atoms with Crippen molar-refractivity contribution in [2.24, 2.45) is 0 Å². The van der Waals surface area contributed by atoms with Crippen LogP contribution in [-0.2, 0) is 141 Å². The molecular weight excluding hydrogens is 2220 g/mol. The van der Waals surface area contributed by atoms with Crippen molar-refractivity contribution < 1.29 is 141 Å². The Morgan fingerprint density at radius 2 is 0.160 bits per heavy atom. The molecule has 0 aliphatic heterocycles. The monoisotopic (exact) mass is 2420 g/mol. The molecule has 131 heavy (non-hydrogen) atoms. The quantitative estimate of drug-likeness (QED) is 0.0511. The van der Waals surface area contributed by atoms with Crippen LogP contribution < -0.4 is 0 Å². The van der Waals surface area contributed by atoms with Crippen LogP contribution in [0.5, 0.6) is 0 Å². The maximum atomic E-state index is 7.04. The summed E-state index contributed by atoms with van der Waals surface area (Å²) in [5.74, 6) is 0. The molecule has 0 heterocycles. The summed E-state index contributed by atoms with van der Waals surface area (Å²) >= 11 is 0. The second-order valence-electron chi connectivity index (χ2n) is 47.3. The molecule has 66 heteroatoms. The molecule has 788 valence electrons. The van der Waals surface area contributed by atoms with Crippen molar-refractivity contribution >= 4 is 275 Å². The first kappa shape index (κ1) is 137. The Morgan fingerprint density at radius 1 is 0.0992 bits per heavy atom. The van der Waals surface area contributed by atoms with E-state index in [-0.39, 0.29) is 0 Å². The third-order valence-corrected chi connectivity index (χ3v) is 139. The highest BCUT2D eigenvalue weighted by atomic mass is 28.6. The standard InChI is InChI=1S/C65H196O34Si32/c1-66-131(67-2,68-3)99-130(64,65)98-129(62,63)97-128(60,61)96-127(58,59)95-126(56,57)94-125(54,55)93-124(52,53)92-123(50,51)91-122(48,49)90-121(46,47)89-120(44,45)88-119(42,43)87-118(40,41)86-117(38,39)85-116(36,37)84-115(34,35)83-114(32,33)82-113(30,31)81-112(28,29)80-111(26,27)79-110(24,25)78-109(22,23)77-108(20,21)76-107(18,19)75-106(16,17)74-105(14,15)73-104(12,13)72-103(10,11)71-102(8,9)70-101(6,7)69-100(4)5/h100H,1-65H3. The zero-order valence-electron chi connectivity index (χ0n) is 95.0. The molecule has 0 bridgehead atoms. The minimum Gasteiger partial charge on any atom is -0.440 e. The molecule has 0 N–H and O–H groups in total. The number of rotatable bonds is 65. The summed E-state index contributed by atoms with van der Waals surface area (Å²) in [6, 6.07) is 0. The van der Waals surface area contributed by atoms with Crippen LogP contribution in [0.25, 0.3) is 0 Å². The summed E-state index contributed by atoms with van der Waals surface area (Å²) in [5.41, 5.74) is 0. The van der Waals surface area contributed by atoms with Gasteiger partial charge in [0.1, 0.15) is 0 Å². The second kappa shape index (κ2) is 47.0. The van der Waals surface area contributed by atoms with Crippen LogP contribution in [0.2, 0.25) is 406 Å². The summed E-state index contributed by atoms with van der Waals surface area (Å²) in [7, 11) is -86.4. The van der Waals surface area contributed by atoms with Gasteiger partial charge < -0.3 is 141 Å². The maximum absolute atomic E-state index is 7.04. The summed E-state index contributed by atoms with van der Waals surface area (Å²) in [4.78, 5) is 0.